The standard InChI is InChI=1S/C31H45N5O6/c1-21(2)25(19-37)33-29(39)17-35-12-8-5-9-13-42-28-11-7-6-10-27(28)36(18-30(40)34-26(20-38)22(3)4)24-14-23(31(35)41)15-32-16-24/h6-7,10-11,14-16,21-22,25-26,37-38H,5,8-9,12-13,17-20H2,1-4H3,(H,33,39)(H,34,40)/t25-,26-/m1/s1. The van der Waals surface area contributed by atoms with Gasteiger partial charge in [0.15, 0.2) is 0 Å². The lowest BCUT2D eigenvalue weighted by atomic mass is 10.1. The van der Waals surface area contributed by atoms with Gasteiger partial charge in [-0.1, -0.05) is 39.8 Å². The number of amides is 3. The monoisotopic (exact) mass is 583 g/mol. The Labute approximate surface area is 248 Å². The number of rotatable bonds is 10. The first-order chi connectivity index (χ1) is 20.1. The molecule has 2 heterocycles. The second-order valence-electron chi connectivity index (χ2n) is 11.3. The van der Waals surface area contributed by atoms with E-state index < -0.39 is 12.1 Å². The van der Waals surface area contributed by atoms with Crippen LogP contribution in [0.5, 0.6) is 5.75 Å². The highest BCUT2D eigenvalue weighted by Gasteiger charge is 2.25. The van der Waals surface area contributed by atoms with Gasteiger partial charge in [-0.2, -0.15) is 0 Å². The molecule has 11 heteroatoms. The number of anilines is 2. The molecule has 0 saturated carbocycles. The molecule has 0 unspecified atom stereocenters. The van der Waals surface area contributed by atoms with Crippen LogP contribution < -0.4 is 20.3 Å². The number of nitrogens with one attached hydrogen (secondary N) is 2. The number of hydrogen-bond donors (Lipinski definition) is 4. The molecular weight excluding hydrogens is 538 g/mol. The molecule has 2 bridgehead atoms. The number of ether oxygens (including phenoxy) is 1. The van der Waals surface area contributed by atoms with Crippen LogP contribution in [0.15, 0.2) is 42.7 Å². The Morgan fingerprint density at radius 1 is 0.929 bits per heavy atom. The van der Waals surface area contributed by atoms with Crippen LogP contribution in [0.25, 0.3) is 0 Å². The smallest absolute Gasteiger partial charge is 0.255 e. The Hall–Kier alpha value is -3.70. The summed E-state index contributed by atoms with van der Waals surface area (Å²) in [5.41, 5.74) is 1.42. The van der Waals surface area contributed by atoms with Gasteiger partial charge in [-0.25, -0.2) is 0 Å². The van der Waals surface area contributed by atoms with E-state index in [1.807, 2.05) is 52.0 Å². The first-order valence-electron chi connectivity index (χ1n) is 14.7. The maximum Gasteiger partial charge on any atom is 0.255 e. The Morgan fingerprint density at radius 2 is 1.57 bits per heavy atom. The average Bonchev–Trinajstić information content (AvgIpc) is 2.97. The molecule has 2 atom stereocenters. The van der Waals surface area contributed by atoms with Crippen molar-refractivity contribution in [3.8, 4) is 5.75 Å². The SMILES string of the molecule is CC(C)[C@@H](CO)NC(=O)CN1CCCCCOc2ccccc2N(CC(=O)N[C@H](CO)C(C)C)c2cncc(c2)C1=O. The van der Waals surface area contributed by atoms with Gasteiger partial charge in [0.2, 0.25) is 11.8 Å². The highest BCUT2D eigenvalue weighted by atomic mass is 16.5. The van der Waals surface area contributed by atoms with Crippen molar-refractivity contribution in [2.45, 2.75) is 59.0 Å². The number of carbonyl (C=O) groups excluding carboxylic acids is 3. The zero-order chi connectivity index (χ0) is 30.6. The predicted molar refractivity (Wildman–Crippen MR) is 161 cm³/mol. The van der Waals surface area contributed by atoms with Crippen LogP contribution >= 0.6 is 0 Å². The molecule has 2 aromatic rings. The van der Waals surface area contributed by atoms with Crippen LogP contribution in [0, 0.1) is 11.8 Å². The molecule has 1 aliphatic heterocycles. The van der Waals surface area contributed by atoms with Gasteiger partial charge in [0, 0.05) is 12.7 Å². The van der Waals surface area contributed by atoms with Crippen molar-refractivity contribution in [3.05, 3.63) is 48.3 Å². The van der Waals surface area contributed by atoms with Gasteiger partial charge in [-0.3, -0.25) is 19.4 Å². The number of para-hydroxylation sites is 2. The maximum atomic E-state index is 13.7. The van der Waals surface area contributed by atoms with E-state index in [-0.39, 0.29) is 61.4 Å². The Balaban J connectivity index is 1.97. The van der Waals surface area contributed by atoms with Crippen molar-refractivity contribution >= 4 is 29.1 Å². The average molecular weight is 584 g/mol. The van der Waals surface area contributed by atoms with Gasteiger partial charge >= 0.3 is 0 Å². The minimum atomic E-state index is -0.407. The molecule has 0 spiro atoms. The predicted octanol–water partition coefficient (Wildman–Crippen LogP) is 2.49. The van der Waals surface area contributed by atoms with E-state index in [0.717, 1.165) is 12.8 Å². The fraction of sp³-hybridized carbons (Fsp3) is 0.548. The van der Waals surface area contributed by atoms with Crippen LogP contribution in [0.1, 0.15) is 57.3 Å². The topological polar surface area (TPSA) is 144 Å². The maximum absolute atomic E-state index is 13.7. The van der Waals surface area contributed by atoms with Crippen LogP contribution in [0.3, 0.4) is 0 Å². The summed E-state index contributed by atoms with van der Waals surface area (Å²) in [5, 5.41) is 25.1. The fourth-order valence-electron chi connectivity index (χ4n) is 4.68. The number of aromatic nitrogens is 1. The summed E-state index contributed by atoms with van der Waals surface area (Å²) in [4.78, 5) is 47.4. The van der Waals surface area contributed by atoms with Crippen molar-refractivity contribution in [3.63, 3.8) is 0 Å². The van der Waals surface area contributed by atoms with Crippen molar-refractivity contribution in [2.24, 2.45) is 11.8 Å². The summed E-state index contributed by atoms with van der Waals surface area (Å²) < 4.78 is 6.15. The van der Waals surface area contributed by atoms with Gasteiger partial charge in [-0.05, 0) is 49.3 Å². The van der Waals surface area contributed by atoms with Gasteiger partial charge in [0.25, 0.3) is 5.91 Å². The number of pyridine rings is 1. The molecule has 230 valence electrons. The summed E-state index contributed by atoms with van der Waals surface area (Å²) in [7, 11) is 0. The van der Waals surface area contributed by atoms with Crippen LogP contribution in [0.2, 0.25) is 0 Å². The molecule has 0 aliphatic carbocycles. The van der Waals surface area contributed by atoms with E-state index in [0.29, 0.717) is 36.7 Å². The van der Waals surface area contributed by atoms with E-state index in [4.69, 9.17) is 4.74 Å². The summed E-state index contributed by atoms with van der Waals surface area (Å²) in [6.45, 7) is 7.82. The zero-order valence-electron chi connectivity index (χ0n) is 25.1. The lowest BCUT2D eigenvalue weighted by molar-refractivity contribution is -0.123. The van der Waals surface area contributed by atoms with E-state index in [1.54, 1.807) is 17.2 Å². The van der Waals surface area contributed by atoms with Gasteiger partial charge in [0.05, 0.1) is 61.6 Å². The molecular formula is C31H45N5O6. The van der Waals surface area contributed by atoms with E-state index in [2.05, 4.69) is 15.6 Å². The third kappa shape index (κ3) is 9.15. The number of fused-ring (bicyclic) bond motifs is 3. The van der Waals surface area contributed by atoms with E-state index >= 15 is 0 Å². The zero-order valence-corrected chi connectivity index (χ0v) is 25.1. The van der Waals surface area contributed by atoms with Crippen molar-refractivity contribution in [1.82, 2.24) is 20.5 Å². The Morgan fingerprint density at radius 3 is 2.21 bits per heavy atom. The normalized spacial score (nSPS) is 15.9. The summed E-state index contributed by atoms with van der Waals surface area (Å²) in [5.74, 6) is -0.335. The minimum Gasteiger partial charge on any atom is -0.491 e. The highest BCUT2D eigenvalue weighted by Crippen LogP contribution is 2.34. The van der Waals surface area contributed by atoms with Crippen molar-refractivity contribution in [1.29, 1.82) is 0 Å². The number of nitrogens with zero attached hydrogens (tertiary/aromatic N) is 3. The summed E-state index contributed by atoms with van der Waals surface area (Å²) in [6, 6.07) is 8.25. The quantitative estimate of drug-likeness (QED) is 0.334. The van der Waals surface area contributed by atoms with Crippen molar-refractivity contribution < 1.29 is 29.3 Å². The lowest BCUT2D eigenvalue weighted by Crippen LogP contribution is -2.47. The number of benzene rings is 1. The van der Waals surface area contributed by atoms with E-state index in [1.165, 1.54) is 11.1 Å². The number of aliphatic hydroxyl groups excluding tert-OH is 2. The number of hydrogen-bond acceptors (Lipinski definition) is 8. The minimum absolute atomic E-state index is 0.0348. The first-order valence-corrected chi connectivity index (χ1v) is 14.7. The third-order valence-electron chi connectivity index (χ3n) is 7.39. The molecule has 1 aromatic carbocycles. The molecule has 42 heavy (non-hydrogen) atoms. The second kappa shape index (κ2) is 16.1. The Kier molecular flexibility index (Phi) is 12.6. The summed E-state index contributed by atoms with van der Waals surface area (Å²) in [6.07, 6.45) is 5.22. The highest BCUT2D eigenvalue weighted by molar-refractivity contribution is 5.97. The molecule has 0 fully saturated rings. The van der Waals surface area contributed by atoms with E-state index in [9.17, 15) is 24.6 Å². The number of aliphatic hydroxyl groups is 2. The van der Waals surface area contributed by atoms with Crippen LogP contribution in [-0.2, 0) is 9.59 Å². The lowest BCUT2D eigenvalue weighted by Gasteiger charge is -2.29. The fourth-order valence-corrected chi connectivity index (χ4v) is 4.68. The summed E-state index contributed by atoms with van der Waals surface area (Å²) >= 11 is 0. The van der Waals surface area contributed by atoms with Gasteiger partial charge in [0.1, 0.15) is 12.3 Å². The Bertz CT molecular complexity index is 1190. The molecule has 3 amide bonds. The molecule has 11 nitrogen and oxygen atoms in total. The molecule has 1 aliphatic rings. The van der Waals surface area contributed by atoms with Crippen LogP contribution in [0.4, 0.5) is 11.4 Å². The van der Waals surface area contributed by atoms with Crippen molar-refractivity contribution in [2.75, 3.05) is 44.4 Å². The number of carbonyl (C=O) groups is 3. The third-order valence-corrected chi connectivity index (χ3v) is 7.39. The van der Waals surface area contributed by atoms with Gasteiger partial charge < -0.3 is 35.4 Å². The molecule has 0 saturated heterocycles. The molecule has 0 radical (unpaired) electrons. The molecule has 4 N–H and O–H groups in total. The largest absolute Gasteiger partial charge is 0.491 e. The van der Waals surface area contributed by atoms with Crippen LogP contribution in [-0.4, -0.2) is 89.4 Å². The molecule has 1 aromatic heterocycles. The molecule has 3 rings (SSSR count). The first kappa shape index (κ1) is 32.8. The van der Waals surface area contributed by atoms with Gasteiger partial charge in [-0.15, -0.1) is 0 Å². The second-order valence-corrected chi connectivity index (χ2v) is 11.3.